The standard InChI is InChI=1S/C12H14FN3O2S/c1-19(17,18)14-8-6-11-7-9-16(15-11)12-4-2-10(13)3-5-12/h2-5,7,9,14H,6,8H2,1H3. The van der Waals surface area contributed by atoms with Crippen LogP contribution in [0.4, 0.5) is 4.39 Å². The Morgan fingerprint density at radius 1 is 1.26 bits per heavy atom. The highest BCUT2D eigenvalue weighted by molar-refractivity contribution is 7.88. The predicted octanol–water partition coefficient (Wildman–Crippen LogP) is 1.10. The SMILES string of the molecule is CS(=O)(=O)NCCc1ccn(-c2ccc(F)cc2)n1. The van der Waals surface area contributed by atoms with Crippen LogP contribution in [-0.2, 0) is 16.4 Å². The van der Waals surface area contributed by atoms with E-state index in [0.29, 0.717) is 13.0 Å². The second-order valence-electron chi connectivity index (χ2n) is 4.14. The molecule has 0 spiro atoms. The van der Waals surface area contributed by atoms with Gasteiger partial charge in [-0.3, -0.25) is 0 Å². The van der Waals surface area contributed by atoms with Crippen molar-refractivity contribution in [1.29, 1.82) is 0 Å². The summed E-state index contributed by atoms with van der Waals surface area (Å²) in [6.07, 6.45) is 3.37. The lowest BCUT2D eigenvalue weighted by Gasteiger charge is -2.01. The Morgan fingerprint density at radius 3 is 2.58 bits per heavy atom. The summed E-state index contributed by atoms with van der Waals surface area (Å²) in [4.78, 5) is 0. The van der Waals surface area contributed by atoms with Gasteiger partial charge in [-0.2, -0.15) is 5.10 Å². The quantitative estimate of drug-likeness (QED) is 0.894. The highest BCUT2D eigenvalue weighted by atomic mass is 32.2. The summed E-state index contributed by atoms with van der Waals surface area (Å²) in [7, 11) is -3.17. The lowest BCUT2D eigenvalue weighted by molar-refractivity contribution is 0.587. The van der Waals surface area contributed by atoms with E-state index in [0.717, 1.165) is 17.6 Å². The van der Waals surface area contributed by atoms with Gasteiger partial charge >= 0.3 is 0 Å². The van der Waals surface area contributed by atoms with E-state index in [1.54, 1.807) is 29.1 Å². The van der Waals surface area contributed by atoms with Gasteiger partial charge in [0.2, 0.25) is 10.0 Å². The van der Waals surface area contributed by atoms with Crippen LogP contribution in [0.15, 0.2) is 36.5 Å². The van der Waals surface area contributed by atoms with E-state index in [2.05, 4.69) is 9.82 Å². The van der Waals surface area contributed by atoms with Crippen molar-refractivity contribution in [3.8, 4) is 5.69 Å². The third-order valence-corrected chi connectivity index (χ3v) is 3.21. The molecule has 19 heavy (non-hydrogen) atoms. The highest BCUT2D eigenvalue weighted by Crippen LogP contribution is 2.09. The Kier molecular flexibility index (Phi) is 3.96. The van der Waals surface area contributed by atoms with Gasteiger partial charge in [0.25, 0.3) is 0 Å². The molecule has 0 fully saturated rings. The summed E-state index contributed by atoms with van der Waals surface area (Å²) in [5.41, 5.74) is 1.52. The van der Waals surface area contributed by atoms with Crippen LogP contribution < -0.4 is 4.72 Å². The van der Waals surface area contributed by atoms with Crippen molar-refractivity contribution in [3.05, 3.63) is 48.0 Å². The molecule has 0 aliphatic carbocycles. The molecular formula is C12H14FN3O2S. The molecule has 1 aromatic heterocycles. The molecule has 0 bridgehead atoms. The van der Waals surface area contributed by atoms with Gasteiger partial charge in [-0.05, 0) is 30.3 Å². The number of hydrogen-bond donors (Lipinski definition) is 1. The zero-order chi connectivity index (χ0) is 13.9. The zero-order valence-electron chi connectivity index (χ0n) is 10.4. The van der Waals surface area contributed by atoms with Gasteiger partial charge in [-0.15, -0.1) is 0 Å². The van der Waals surface area contributed by atoms with Crippen LogP contribution >= 0.6 is 0 Å². The lowest BCUT2D eigenvalue weighted by Crippen LogP contribution is -2.24. The minimum Gasteiger partial charge on any atom is -0.241 e. The number of aromatic nitrogens is 2. The monoisotopic (exact) mass is 283 g/mol. The van der Waals surface area contributed by atoms with E-state index in [9.17, 15) is 12.8 Å². The second kappa shape index (κ2) is 5.50. The molecule has 0 unspecified atom stereocenters. The molecule has 5 nitrogen and oxygen atoms in total. The van der Waals surface area contributed by atoms with Crippen molar-refractivity contribution in [2.24, 2.45) is 0 Å². The Bertz CT molecular complexity index is 650. The average molecular weight is 283 g/mol. The maximum absolute atomic E-state index is 12.8. The first-order valence-electron chi connectivity index (χ1n) is 5.69. The maximum Gasteiger partial charge on any atom is 0.208 e. The normalized spacial score (nSPS) is 11.7. The van der Waals surface area contributed by atoms with E-state index < -0.39 is 10.0 Å². The Hall–Kier alpha value is -1.73. The predicted molar refractivity (Wildman–Crippen MR) is 70.1 cm³/mol. The summed E-state index contributed by atoms with van der Waals surface area (Å²) >= 11 is 0. The first-order chi connectivity index (χ1) is 8.94. The molecule has 2 rings (SSSR count). The molecule has 0 atom stereocenters. The Morgan fingerprint density at radius 2 is 1.95 bits per heavy atom. The highest BCUT2D eigenvalue weighted by Gasteiger charge is 2.04. The van der Waals surface area contributed by atoms with Crippen LogP contribution in [0, 0.1) is 5.82 Å². The molecule has 102 valence electrons. The van der Waals surface area contributed by atoms with Crippen molar-refractivity contribution < 1.29 is 12.8 Å². The second-order valence-corrected chi connectivity index (χ2v) is 5.98. The summed E-state index contributed by atoms with van der Waals surface area (Å²) < 4.78 is 38.6. The van der Waals surface area contributed by atoms with Crippen LogP contribution in [0.5, 0.6) is 0 Å². The van der Waals surface area contributed by atoms with Crippen LogP contribution in [0.25, 0.3) is 5.69 Å². The van der Waals surface area contributed by atoms with Gasteiger partial charge in [-0.25, -0.2) is 22.2 Å². The Labute approximate surface area is 111 Å². The van der Waals surface area contributed by atoms with Crippen molar-refractivity contribution in [3.63, 3.8) is 0 Å². The van der Waals surface area contributed by atoms with Gasteiger partial charge in [0.05, 0.1) is 17.6 Å². The molecule has 7 heteroatoms. The van der Waals surface area contributed by atoms with Crippen LogP contribution in [0.1, 0.15) is 5.69 Å². The van der Waals surface area contributed by atoms with Crippen molar-refractivity contribution in [1.82, 2.24) is 14.5 Å². The molecule has 1 N–H and O–H groups in total. The molecule has 2 aromatic rings. The molecule has 0 aliphatic heterocycles. The minimum absolute atomic E-state index is 0.298. The van der Waals surface area contributed by atoms with Gasteiger partial charge in [0, 0.05) is 19.2 Å². The van der Waals surface area contributed by atoms with Crippen LogP contribution in [0.2, 0.25) is 0 Å². The van der Waals surface area contributed by atoms with E-state index in [-0.39, 0.29) is 5.82 Å². The first kappa shape index (κ1) is 13.7. The number of benzene rings is 1. The van der Waals surface area contributed by atoms with Crippen LogP contribution in [0.3, 0.4) is 0 Å². The van der Waals surface area contributed by atoms with Crippen molar-refractivity contribution in [2.45, 2.75) is 6.42 Å². The average Bonchev–Trinajstić information content (AvgIpc) is 2.77. The third kappa shape index (κ3) is 4.15. The van der Waals surface area contributed by atoms with E-state index >= 15 is 0 Å². The molecule has 0 saturated heterocycles. The number of sulfonamides is 1. The Balaban J connectivity index is 2.01. The minimum atomic E-state index is -3.17. The van der Waals surface area contributed by atoms with Gasteiger partial charge in [0.15, 0.2) is 0 Å². The maximum atomic E-state index is 12.8. The van der Waals surface area contributed by atoms with Crippen molar-refractivity contribution >= 4 is 10.0 Å². The largest absolute Gasteiger partial charge is 0.241 e. The number of nitrogens with zero attached hydrogens (tertiary/aromatic N) is 2. The van der Waals surface area contributed by atoms with Crippen LogP contribution in [-0.4, -0.2) is 31.0 Å². The van der Waals surface area contributed by atoms with Gasteiger partial charge in [0.1, 0.15) is 5.82 Å². The van der Waals surface area contributed by atoms with E-state index in [1.807, 2.05) is 0 Å². The topological polar surface area (TPSA) is 64.0 Å². The van der Waals surface area contributed by atoms with Gasteiger partial charge < -0.3 is 0 Å². The van der Waals surface area contributed by atoms with Crippen molar-refractivity contribution in [2.75, 3.05) is 12.8 Å². The molecule has 1 heterocycles. The molecular weight excluding hydrogens is 269 g/mol. The summed E-state index contributed by atoms with van der Waals surface area (Å²) in [5, 5.41) is 4.29. The number of nitrogens with one attached hydrogen (secondary N) is 1. The molecule has 0 saturated carbocycles. The molecule has 0 aliphatic rings. The fourth-order valence-corrected chi connectivity index (χ4v) is 2.07. The van der Waals surface area contributed by atoms with E-state index in [4.69, 9.17) is 0 Å². The fourth-order valence-electron chi connectivity index (χ4n) is 1.60. The summed E-state index contributed by atoms with van der Waals surface area (Å²) in [5.74, 6) is -0.298. The molecule has 1 aromatic carbocycles. The summed E-state index contributed by atoms with van der Waals surface area (Å²) in [6, 6.07) is 7.78. The first-order valence-corrected chi connectivity index (χ1v) is 7.58. The van der Waals surface area contributed by atoms with E-state index in [1.165, 1.54) is 12.1 Å². The number of halogens is 1. The number of rotatable bonds is 5. The number of hydrogen-bond acceptors (Lipinski definition) is 3. The molecule has 0 radical (unpaired) electrons. The summed E-state index contributed by atoms with van der Waals surface area (Å²) in [6.45, 7) is 0.305. The fraction of sp³-hybridized carbons (Fsp3) is 0.250. The zero-order valence-corrected chi connectivity index (χ0v) is 11.2. The van der Waals surface area contributed by atoms with Gasteiger partial charge in [-0.1, -0.05) is 0 Å². The lowest BCUT2D eigenvalue weighted by atomic mass is 10.3. The molecule has 0 amide bonds. The third-order valence-electron chi connectivity index (χ3n) is 2.48. The smallest absolute Gasteiger partial charge is 0.208 e.